The van der Waals surface area contributed by atoms with Crippen LogP contribution >= 0.6 is 0 Å². The van der Waals surface area contributed by atoms with Gasteiger partial charge in [0.15, 0.2) is 5.96 Å². The normalized spacial score (nSPS) is 13.6. The SMILES string of the molecule is CCCCC(CC)CNC(=NC)NCc1cccc(S(N)(=O)=O)c1. The second-order valence-corrected chi connectivity index (χ2v) is 7.48. The molecule has 0 aliphatic heterocycles. The van der Waals surface area contributed by atoms with Gasteiger partial charge < -0.3 is 10.6 Å². The molecule has 7 heteroatoms. The zero-order valence-electron chi connectivity index (χ0n) is 14.9. The molecule has 1 rings (SSSR count). The van der Waals surface area contributed by atoms with E-state index in [9.17, 15) is 8.42 Å². The Morgan fingerprint density at radius 2 is 2.04 bits per heavy atom. The Hall–Kier alpha value is -1.60. The third kappa shape index (κ3) is 7.31. The van der Waals surface area contributed by atoms with E-state index in [1.165, 1.54) is 25.3 Å². The Kier molecular flexibility index (Phi) is 8.78. The topological polar surface area (TPSA) is 96.6 Å². The summed E-state index contributed by atoms with van der Waals surface area (Å²) >= 11 is 0. The Morgan fingerprint density at radius 3 is 2.62 bits per heavy atom. The van der Waals surface area contributed by atoms with E-state index in [0.29, 0.717) is 18.4 Å². The molecule has 0 amide bonds. The number of hydrogen-bond acceptors (Lipinski definition) is 3. The Balaban J connectivity index is 2.55. The predicted molar refractivity (Wildman–Crippen MR) is 99.3 cm³/mol. The van der Waals surface area contributed by atoms with Crippen LogP contribution in [-0.2, 0) is 16.6 Å². The Bertz CT molecular complexity index is 629. The van der Waals surface area contributed by atoms with Crippen LogP contribution in [0.5, 0.6) is 0 Å². The number of guanidine groups is 1. The van der Waals surface area contributed by atoms with E-state index in [4.69, 9.17) is 5.14 Å². The first-order valence-electron chi connectivity index (χ1n) is 8.46. The van der Waals surface area contributed by atoms with Crippen LogP contribution in [0, 0.1) is 5.92 Å². The summed E-state index contributed by atoms with van der Waals surface area (Å²) in [6, 6.07) is 6.60. The molecule has 0 saturated carbocycles. The number of aliphatic imine (C=N–C) groups is 1. The minimum atomic E-state index is -3.68. The van der Waals surface area contributed by atoms with Crippen LogP contribution in [0.3, 0.4) is 0 Å². The molecular weight excluding hydrogens is 324 g/mol. The first kappa shape index (κ1) is 20.4. The van der Waals surface area contributed by atoms with Crippen molar-refractivity contribution in [3.05, 3.63) is 29.8 Å². The van der Waals surface area contributed by atoms with Crippen molar-refractivity contribution in [1.29, 1.82) is 0 Å². The molecule has 1 atom stereocenters. The van der Waals surface area contributed by atoms with Crippen molar-refractivity contribution in [3.8, 4) is 0 Å². The van der Waals surface area contributed by atoms with Gasteiger partial charge in [0.25, 0.3) is 0 Å². The number of nitrogens with one attached hydrogen (secondary N) is 2. The van der Waals surface area contributed by atoms with Crippen LogP contribution in [0.1, 0.15) is 45.1 Å². The van der Waals surface area contributed by atoms with E-state index in [0.717, 1.165) is 18.5 Å². The molecule has 0 aliphatic carbocycles. The van der Waals surface area contributed by atoms with Crippen LogP contribution in [0.25, 0.3) is 0 Å². The number of unbranched alkanes of at least 4 members (excludes halogenated alkanes) is 1. The molecule has 0 fully saturated rings. The summed E-state index contributed by atoms with van der Waals surface area (Å²) in [5, 5.41) is 11.7. The molecule has 1 unspecified atom stereocenters. The van der Waals surface area contributed by atoms with E-state index < -0.39 is 10.0 Å². The van der Waals surface area contributed by atoms with Crippen LogP contribution < -0.4 is 15.8 Å². The fourth-order valence-corrected chi connectivity index (χ4v) is 3.01. The molecule has 0 aliphatic rings. The zero-order chi connectivity index (χ0) is 18.0. The fourth-order valence-electron chi connectivity index (χ4n) is 2.42. The summed E-state index contributed by atoms with van der Waals surface area (Å²) in [7, 11) is -1.95. The van der Waals surface area contributed by atoms with Crippen LogP contribution in [-0.4, -0.2) is 28.0 Å². The minimum absolute atomic E-state index is 0.121. The first-order valence-corrected chi connectivity index (χ1v) is 10.0. The molecule has 24 heavy (non-hydrogen) atoms. The highest BCUT2D eigenvalue weighted by Gasteiger charge is 2.09. The molecule has 0 bridgehead atoms. The maximum Gasteiger partial charge on any atom is 0.238 e. The Labute approximate surface area is 146 Å². The fraction of sp³-hybridized carbons (Fsp3) is 0.588. The monoisotopic (exact) mass is 354 g/mol. The molecule has 1 aromatic carbocycles. The molecule has 0 radical (unpaired) electrons. The van der Waals surface area contributed by atoms with E-state index in [-0.39, 0.29) is 4.90 Å². The van der Waals surface area contributed by atoms with Crippen LogP contribution in [0.2, 0.25) is 0 Å². The number of benzene rings is 1. The quantitative estimate of drug-likeness (QED) is 0.468. The van der Waals surface area contributed by atoms with Gasteiger partial charge in [-0.15, -0.1) is 0 Å². The second-order valence-electron chi connectivity index (χ2n) is 5.92. The van der Waals surface area contributed by atoms with Gasteiger partial charge in [0.2, 0.25) is 10.0 Å². The summed E-state index contributed by atoms with van der Waals surface area (Å²) in [6.45, 7) is 5.77. The Morgan fingerprint density at radius 1 is 1.29 bits per heavy atom. The van der Waals surface area contributed by atoms with Gasteiger partial charge in [-0.05, 0) is 30.0 Å². The smallest absolute Gasteiger partial charge is 0.238 e. The van der Waals surface area contributed by atoms with Gasteiger partial charge >= 0.3 is 0 Å². The second kappa shape index (κ2) is 10.3. The summed E-state index contributed by atoms with van der Waals surface area (Å²) in [4.78, 5) is 4.33. The molecule has 0 saturated heterocycles. The van der Waals surface area contributed by atoms with Crippen molar-refractivity contribution in [2.75, 3.05) is 13.6 Å². The van der Waals surface area contributed by atoms with Crippen LogP contribution in [0.15, 0.2) is 34.2 Å². The number of rotatable bonds is 9. The summed E-state index contributed by atoms with van der Waals surface area (Å²) in [5.74, 6) is 1.35. The van der Waals surface area contributed by atoms with E-state index in [1.54, 1.807) is 19.2 Å². The highest BCUT2D eigenvalue weighted by atomic mass is 32.2. The highest BCUT2D eigenvalue weighted by molar-refractivity contribution is 7.89. The summed E-state index contributed by atoms with van der Waals surface area (Å²) in [5.41, 5.74) is 0.836. The standard InChI is InChI=1S/C17H30N4O2S/c1-4-6-8-14(5-2)12-20-17(19-3)21-13-15-9-7-10-16(11-15)24(18,22)23/h7,9-11,14H,4-6,8,12-13H2,1-3H3,(H2,18,22,23)(H2,19,20,21). The maximum atomic E-state index is 11.4. The summed E-state index contributed by atoms with van der Waals surface area (Å²) in [6.07, 6.45) is 4.81. The maximum absolute atomic E-state index is 11.4. The lowest BCUT2D eigenvalue weighted by Gasteiger charge is -2.18. The molecule has 4 N–H and O–H groups in total. The lowest BCUT2D eigenvalue weighted by atomic mass is 9.99. The van der Waals surface area contributed by atoms with Gasteiger partial charge in [-0.1, -0.05) is 45.2 Å². The lowest BCUT2D eigenvalue weighted by Crippen LogP contribution is -2.39. The minimum Gasteiger partial charge on any atom is -0.356 e. The molecule has 6 nitrogen and oxygen atoms in total. The number of nitrogens with two attached hydrogens (primary N) is 1. The van der Waals surface area contributed by atoms with Crippen molar-refractivity contribution in [2.45, 2.75) is 51.0 Å². The van der Waals surface area contributed by atoms with Gasteiger partial charge in [0.1, 0.15) is 0 Å². The molecule has 136 valence electrons. The van der Waals surface area contributed by atoms with Crippen molar-refractivity contribution in [2.24, 2.45) is 16.0 Å². The number of sulfonamides is 1. The third-order valence-electron chi connectivity index (χ3n) is 4.01. The average Bonchev–Trinajstić information content (AvgIpc) is 2.57. The number of hydrogen-bond donors (Lipinski definition) is 3. The third-order valence-corrected chi connectivity index (χ3v) is 4.92. The summed E-state index contributed by atoms with van der Waals surface area (Å²) < 4.78 is 22.8. The van der Waals surface area contributed by atoms with Crippen LogP contribution in [0.4, 0.5) is 0 Å². The van der Waals surface area contributed by atoms with E-state index in [1.807, 2.05) is 6.07 Å². The van der Waals surface area contributed by atoms with Gasteiger partial charge in [-0.3, -0.25) is 4.99 Å². The molecule has 0 aromatic heterocycles. The van der Waals surface area contributed by atoms with Crippen molar-refractivity contribution < 1.29 is 8.42 Å². The largest absolute Gasteiger partial charge is 0.356 e. The van der Waals surface area contributed by atoms with Gasteiger partial charge in [0.05, 0.1) is 4.90 Å². The zero-order valence-corrected chi connectivity index (χ0v) is 15.7. The lowest BCUT2D eigenvalue weighted by molar-refractivity contribution is 0.443. The van der Waals surface area contributed by atoms with Crippen molar-refractivity contribution >= 4 is 16.0 Å². The van der Waals surface area contributed by atoms with Crippen molar-refractivity contribution in [1.82, 2.24) is 10.6 Å². The van der Waals surface area contributed by atoms with Gasteiger partial charge in [0, 0.05) is 20.1 Å². The molecule has 0 spiro atoms. The predicted octanol–water partition coefficient (Wildman–Crippen LogP) is 2.22. The molecular formula is C17H30N4O2S. The average molecular weight is 355 g/mol. The highest BCUT2D eigenvalue weighted by Crippen LogP contribution is 2.11. The van der Waals surface area contributed by atoms with Gasteiger partial charge in [-0.25, -0.2) is 13.6 Å². The number of nitrogens with zero attached hydrogens (tertiary/aromatic N) is 1. The molecule has 0 heterocycles. The van der Waals surface area contributed by atoms with E-state index >= 15 is 0 Å². The first-order chi connectivity index (χ1) is 11.4. The van der Waals surface area contributed by atoms with Gasteiger partial charge in [-0.2, -0.15) is 0 Å². The molecule has 1 aromatic rings. The van der Waals surface area contributed by atoms with Crippen molar-refractivity contribution in [3.63, 3.8) is 0 Å². The number of primary sulfonamides is 1. The van der Waals surface area contributed by atoms with E-state index in [2.05, 4.69) is 29.5 Å².